The van der Waals surface area contributed by atoms with Crippen LogP contribution < -0.4 is 10.6 Å². The predicted molar refractivity (Wildman–Crippen MR) is 75.1 cm³/mol. The highest BCUT2D eigenvalue weighted by molar-refractivity contribution is 5.87. The molecule has 1 amide bonds. The van der Waals surface area contributed by atoms with E-state index in [9.17, 15) is 9.59 Å². The molecule has 0 unspecified atom stereocenters. The van der Waals surface area contributed by atoms with Crippen molar-refractivity contribution in [2.24, 2.45) is 0 Å². The Kier molecular flexibility index (Phi) is 3.35. The molecule has 1 aliphatic rings. The monoisotopic (exact) mass is 286 g/mol. The molecule has 1 aromatic carbocycles. The number of para-hydroxylation sites is 1. The Balaban J connectivity index is 1.57. The third kappa shape index (κ3) is 2.74. The number of benzene rings is 1. The number of hydrogen-bond donors (Lipinski definition) is 3. The van der Waals surface area contributed by atoms with E-state index < -0.39 is 5.97 Å². The molecule has 0 bridgehead atoms. The Labute approximate surface area is 120 Å². The molecule has 6 nitrogen and oxygen atoms in total. The van der Waals surface area contributed by atoms with Crippen molar-refractivity contribution in [3.05, 3.63) is 53.5 Å². The van der Waals surface area contributed by atoms with Gasteiger partial charge in [0.05, 0.1) is 6.54 Å². The number of nitrogens with one attached hydrogen (secondary N) is 2. The normalized spacial score (nSPS) is 16.1. The molecule has 1 atom stereocenters. The third-order valence-electron chi connectivity index (χ3n) is 3.40. The lowest BCUT2D eigenvalue weighted by atomic mass is 10.1. The second-order valence-corrected chi connectivity index (χ2v) is 4.85. The molecule has 0 saturated heterocycles. The van der Waals surface area contributed by atoms with Gasteiger partial charge in [-0.05, 0) is 23.8 Å². The summed E-state index contributed by atoms with van der Waals surface area (Å²) in [4.78, 5) is 22.8. The smallest absolute Gasteiger partial charge is 0.371 e. The molecule has 2 heterocycles. The maximum Gasteiger partial charge on any atom is 0.371 e. The van der Waals surface area contributed by atoms with Gasteiger partial charge in [-0.2, -0.15) is 0 Å². The van der Waals surface area contributed by atoms with Crippen LogP contribution in [0.15, 0.2) is 40.8 Å². The number of furan rings is 1. The van der Waals surface area contributed by atoms with Crippen molar-refractivity contribution in [1.82, 2.24) is 5.32 Å². The van der Waals surface area contributed by atoms with E-state index in [1.807, 2.05) is 24.3 Å². The Bertz CT molecular complexity index is 667. The van der Waals surface area contributed by atoms with Crippen LogP contribution in [0.2, 0.25) is 0 Å². The van der Waals surface area contributed by atoms with Crippen molar-refractivity contribution in [3.8, 4) is 0 Å². The summed E-state index contributed by atoms with van der Waals surface area (Å²) in [6.07, 6.45) is 0.639. The van der Waals surface area contributed by atoms with Crippen LogP contribution in [-0.4, -0.2) is 23.0 Å². The average molecular weight is 286 g/mol. The van der Waals surface area contributed by atoms with Crippen molar-refractivity contribution in [1.29, 1.82) is 0 Å². The lowest BCUT2D eigenvalue weighted by Gasteiger charge is -2.10. The highest BCUT2D eigenvalue weighted by Gasteiger charge is 2.26. The molecule has 0 radical (unpaired) electrons. The maximum atomic E-state index is 12.1. The largest absolute Gasteiger partial charge is 0.475 e. The number of anilines is 1. The summed E-state index contributed by atoms with van der Waals surface area (Å²) in [5.74, 6) is -0.984. The zero-order valence-corrected chi connectivity index (χ0v) is 11.1. The first kappa shape index (κ1) is 13.2. The Hall–Kier alpha value is -2.76. The molecule has 1 aromatic heterocycles. The zero-order valence-electron chi connectivity index (χ0n) is 11.1. The highest BCUT2D eigenvalue weighted by atomic mass is 16.4. The van der Waals surface area contributed by atoms with Gasteiger partial charge in [0, 0.05) is 12.1 Å². The van der Waals surface area contributed by atoms with Gasteiger partial charge in [-0.15, -0.1) is 0 Å². The third-order valence-corrected chi connectivity index (χ3v) is 3.40. The number of carbonyl (C=O) groups excluding carboxylic acids is 1. The number of carbonyl (C=O) groups is 2. The number of amides is 1. The minimum Gasteiger partial charge on any atom is -0.475 e. The molecule has 0 spiro atoms. The van der Waals surface area contributed by atoms with Gasteiger partial charge >= 0.3 is 5.97 Å². The summed E-state index contributed by atoms with van der Waals surface area (Å²) in [6.45, 7) is 0.167. The summed E-state index contributed by atoms with van der Waals surface area (Å²) in [6, 6.07) is 10.4. The molecule has 1 aliphatic heterocycles. The first-order chi connectivity index (χ1) is 10.1. The van der Waals surface area contributed by atoms with Gasteiger partial charge in [0.2, 0.25) is 11.7 Å². The van der Waals surface area contributed by atoms with Gasteiger partial charge in [0.25, 0.3) is 0 Å². The van der Waals surface area contributed by atoms with E-state index >= 15 is 0 Å². The number of carboxylic acid groups (broad SMARTS) is 1. The fourth-order valence-corrected chi connectivity index (χ4v) is 2.34. The predicted octanol–water partition coefficient (Wildman–Crippen LogP) is 1.63. The summed E-state index contributed by atoms with van der Waals surface area (Å²) in [5.41, 5.74) is 2.09. The zero-order chi connectivity index (χ0) is 14.8. The molecule has 0 fully saturated rings. The second kappa shape index (κ2) is 5.32. The fourth-order valence-electron chi connectivity index (χ4n) is 2.34. The summed E-state index contributed by atoms with van der Waals surface area (Å²) >= 11 is 0. The van der Waals surface area contributed by atoms with E-state index in [-0.39, 0.29) is 24.3 Å². The number of hydrogen-bond acceptors (Lipinski definition) is 4. The van der Waals surface area contributed by atoms with E-state index in [2.05, 4.69) is 10.6 Å². The Morgan fingerprint density at radius 3 is 2.81 bits per heavy atom. The SMILES string of the molecule is O=C(O)c1ccc(CNC(=O)[C@@H]2Cc3ccccc3N2)o1. The summed E-state index contributed by atoms with van der Waals surface area (Å²) in [5, 5.41) is 14.7. The lowest BCUT2D eigenvalue weighted by molar-refractivity contribution is -0.121. The van der Waals surface area contributed by atoms with E-state index in [0.29, 0.717) is 12.2 Å². The summed E-state index contributed by atoms with van der Waals surface area (Å²) < 4.78 is 5.09. The van der Waals surface area contributed by atoms with Crippen molar-refractivity contribution in [2.75, 3.05) is 5.32 Å². The van der Waals surface area contributed by atoms with Crippen molar-refractivity contribution < 1.29 is 19.1 Å². The van der Waals surface area contributed by atoms with Crippen molar-refractivity contribution in [2.45, 2.75) is 19.0 Å². The van der Waals surface area contributed by atoms with Crippen molar-refractivity contribution >= 4 is 17.6 Å². The second-order valence-electron chi connectivity index (χ2n) is 4.85. The maximum absolute atomic E-state index is 12.1. The van der Waals surface area contributed by atoms with Gasteiger partial charge in [-0.25, -0.2) is 4.79 Å². The molecule has 3 N–H and O–H groups in total. The van der Waals surface area contributed by atoms with Gasteiger partial charge in [0.15, 0.2) is 0 Å². The van der Waals surface area contributed by atoms with Crippen LogP contribution in [0, 0.1) is 0 Å². The topological polar surface area (TPSA) is 91.6 Å². The van der Waals surface area contributed by atoms with Crippen LogP contribution in [0.5, 0.6) is 0 Å². The Morgan fingerprint density at radius 1 is 1.29 bits per heavy atom. The van der Waals surface area contributed by atoms with Crippen LogP contribution >= 0.6 is 0 Å². The molecule has 108 valence electrons. The molecule has 0 aliphatic carbocycles. The molecular weight excluding hydrogens is 272 g/mol. The molecule has 0 saturated carbocycles. The lowest BCUT2D eigenvalue weighted by Crippen LogP contribution is -2.37. The van der Waals surface area contributed by atoms with E-state index in [0.717, 1.165) is 11.3 Å². The minimum atomic E-state index is -1.12. The van der Waals surface area contributed by atoms with Gasteiger partial charge in [-0.1, -0.05) is 18.2 Å². The fraction of sp³-hybridized carbons (Fsp3) is 0.200. The van der Waals surface area contributed by atoms with Crippen molar-refractivity contribution in [3.63, 3.8) is 0 Å². The van der Waals surface area contributed by atoms with E-state index in [1.165, 1.54) is 6.07 Å². The van der Waals surface area contributed by atoms with Gasteiger partial charge in [-0.3, -0.25) is 4.79 Å². The summed E-state index contributed by atoms with van der Waals surface area (Å²) in [7, 11) is 0. The Morgan fingerprint density at radius 2 is 2.10 bits per heavy atom. The van der Waals surface area contributed by atoms with Crippen LogP contribution in [0.4, 0.5) is 5.69 Å². The molecule has 21 heavy (non-hydrogen) atoms. The van der Waals surface area contributed by atoms with Crippen LogP contribution in [-0.2, 0) is 17.8 Å². The minimum absolute atomic E-state index is 0.134. The van der Waals surface area contributed by atoms with Crippen LogP contribution in [0.3, 0.4) is 0 Å². The number of carboxylic acids is 1. The van der Waals surface area contributed by atoms with E-state index in [1.54, 1.807) is 6.07 Å². The first-order valence-electron chi connectivity index (χ1n) is 6.57. The molecule has 3 rings (SSSR count). The average Bonchev–Trinajstić information content (AvgIpc) is 3.11. The quantitative estimate of drug-likeness (QED) is 0.794. The van der Waals surface area contributed by atoms with E-state index in [4.69, 9.17) is 9.52 Å². The number of aromatic carboxylic acids is 1. The standard InChI is InChI=1S/C15H14N2O4/c18-14(12-7-9-3-1-2-4-11(9)17-12)16-8-10-5-6-13(21-10)15(19)20/h1-6,12,17H,7-8H2,(H,16,18)(H,19,20)/t12-/m0/s1. The number of fused-ring (bicyclic) bond motifs is 1. The highest BCUT2D eigenvalue weighted by Crippen LogP contribution is 2.25. The van der Waals surface area contributed by atoms with Crippen LogP contribution in [0.25, 0.3) is 0 Å². The number of rotatable bonds is 4. The molecule has 6 heteroatoms. The van der Waals surface area contributed by atoms with Gasteiger partial charge < -0.3 is 20.2 Å². The van der Waals surface area contributed by atoms with Crippen LogP contribution in [0.1, 0.15) is 21.9 Å². The van der Waals surface area contributed by atoms with Gasteiger partial charge in [0.1, 0.15) is 11.8 Å². The molecule has 2 aromatic rings. The first-order valence-corrected chi connectivity index (χ1v) is 6.57. The molecular formula is C15H14N2O4.